The molecule has 0 unspecified atom stereocenters. The molecule has 4 N–H and O–H groups in total. The first kappa shape index (κ1) is 13.5. The van der Waals surface area contributed by atoms with E-state index in [1.165, 1.54) is 24.4 Å². The molecule has 5 nitrogen and oxygen atoms in total. The van der Waals surface area contributed by atoms with E-state index in [0.717, 1.165) is 0 Å². The maximum atomic E-state index is 12.2. The Kier molecular flexibility index (Phi) is 3.50. The van der Waals surface area contributed by atoms with Gasteiger partial charge in [-0.3, -0.25) is 4.79 Å². The molecule has 0 amide bonds. The second kappa shape index (κ2) is 4.95. The smallest absolute Gasteiger partial charge is 0.352 e. The zero-order chi connectivity index (χ0) is 14.2. The lowest BCUT2D eigenvalue weighted by atomic mass is 10.0. The number of hydrogen-bond acceptors (Lipinski definition) is 3. The topological polar surface area (TPSA) is 96.2 Å². The van der Waals surface area contributed by atoms with Gasteiger partial charge in [-0.15, -0.1) is 0 Å². The molecule has 0 bridgehead atoms. The van der Waals surface area contributed by atoms with Gasteiger partial charge in [0.1, 0.15) is 5.69 Å². The van der Waals surface area contributed by atoms with Gasteiger partial charge in [-0.1, -0.05) is 23.2 Å². The van der Waals surface area contributed by atoms with E-state index >= 15 is 0 Å². The average molecular weight is 299 g/mol. The predicted molar refractivity (Wildman–Crippen MR) is 72.1 cm³/mol. The summed E-state index contributed by atoms with van der Waals surface area (Å²) in [5.74, 6) is -1.61. The Morgan fingerprint density at radius 2 is 1.89 bits per heavy atom. The van der Waals surface area contributed by atoms with Crippen molar-refractivity contribution < 1.29 is 14.7 Å². The van der Waals surface area contributed by atoms with Crippen LogP contribution in [0.5, 0.6) is 0 Å². The zero-order valence-corrected chi connectivity index (χ0v) is 10.9. The number of halogens is 2. The minimum Gasteiger partial charge on any atom is -0.477 e. The Hall–Kier alpha value is -1.98. The Bertz CT molecular complexity index is 680. The molecule has 98 valence electrons. The molecule has 1 aromatic heterocycles. The number of carbonyl (C=O) groups is 2. The van der Waals surface area contributed by atoms with Crippen molar-refractivity contribution in [2.45, 2.75) is 0 Å². The van der Waals surface area contributed by atoms with Gasteiger partial charge in [-0.25, -0.2) is 4.79 Å². The highest BCUT2D eigenvalue weighted by atomic mass is 35.5. The molecule has 0 saturated carbocycles. The molecule has 2 rings (SSSR count). The van der Waals surface area contributed by atoms with Crippen LogP contribution in [-0.2, 0) is 0 Å². The lowest BCUT2D eigenvalue weighted by molar-refractivity contribution is 0.0691. The summed E-state index contributed by atoms with van der Waals surface area (Å²) in [6.07, 6.45) is 1.29. The molecule has 0 atom stereocenters. The van der Waals surface area contributed by atoms with Gasteiger partial charge >= 0.3 is 5.97 Å². The number of nitrogens with one attached hydrogen (secondary N) is 1. The summed E-state index contributed by atoms with van der Waals surface area (Å²) >= 11 is 11.8. The third-order valence-electron chi connectivity index (χ3n) is 2.47. The van der Waals surface area contributed by atoms with Crippen LogP contribution in [-0.4, -0.2) is 21.8 Å². The van der Waals surface area contributed by atoms with Crippen LogP contribution in [0.15, 0.2) is 24.4 Å². The second-order valence-electron chi connectivity index (χ2n) is 3.80. The van der Waals surface area contributed by atoms with Crippen LogP contribution in [0.4, 0.5) is 5.69 Å². The number of rotatable bonds is 3. The molecule has 0 aliphatic heterocycles. The number of aromatic carboxylic acids is 1. The summed E-state index contributed by atoms with van der Waals surface area (Å²) in [6.45, 7) is 0. The van der Waals surface area contributed by atoms with Crippen molar-refractivity contribution in [1.82, 2.24) is 4.98 Å². The van der Waals surface area contributed by atoms with E-state index in [9.17, 15) is 9.59 Å². The first-order valence-corrected chi connectivity index (χ1v) is 5.86. The van der Waals surface area contributed by atoms with Gasteiger partial charge in [0.15, 0.2) is 5.78 Å². The fraction of sp³-hybridized carbons (Fsp3) is 0. The molecule has 0 fully saturated rings. The van der Waals surface area contributed by atoms with Crippen LogP contribution < -0.4 is 5.73 Å². The maximum Gasteiger partial charge on any atom is 0.352 e. The number of ketones is 1. The number of aromatic amines is 1. The normalized spacial score (nSPS) is 10.4. The number of carboxylic acids is 1. The Balaban J connectivity index is 2.46. The van der Waals surface area contributed by atoms with Gasteiger partial charge in [0.05, 0.1) is 10.0 Å². The standard InChI is InChI=1S/C12H8Cl2N2O3/c13-8-3-6(15)2-7(10(8)14)11(17)5-1-9(12(18)19)16-4-5/h1-4,16H,15H2,(H,18,19). The number of hydrogen-bond donors (Lipinski definition) is 3. The molecule has 7 heteroatoms. The van der Waals surface area contributed by atoms with Crippen LogP contribution in [0.25, 0.3) is 0 Å². The third kappa shape index (κ3) is 2.57. The van der Waals surface area contributed by atoms with Crippen molar-refractivity contribution in [2.75, 3.05) is 5.73 Å². The van der Waals surface area contributed by atoms with Gasteiger partial charge in [0, 0.05) is 23.0 Å². The third-order valence-corrected chi connectivity index (χ3v) is 3.27. The number of carbonyl (C=O) groups excluding carboxylic acids is 1. The number of aromatic nitrogens is 1. The summed E-state index contributed by atoms with van der Waals surface area (Å²) in [4.78, 5) is 25.4. The fourth-order valence-electron chi connectivity index (χ4n) is 1.58. The first-order chi connectivity index (χ1) is 8.90. The van der Waals surface area contributed by atoms with Crippen LogP contribution in [0.3, 0.4) is 0 Å². The zero-order valence-electron chi connectivity index (χ0n) is 9.41. The van der Waals surface area contributed by atoms with Gasteiger partial charge in [0.25, 0.3) is 0 Å². The number of nitrogens with two attached hydrogens (primary N) is 1. The van der Waals surface area contributed by atoms with Crippen molar-refractivity contribution in [3.8, 4) is 0 Å². The highest BCUT2D eigenvalue weighted by Crippen LogP contribution is 2.30. The van der Waals surface area contributed by atoms with E-state index in [1.807, 2.05) is 0 Å². The molecule has 0 aliphatic rings. The summed E-state index contributed by atoms with van der Waals surface area (Å²) in [7, 11) is 0. The fourth-order valence-corrected chi connectivity index (χ4v) is 2.00. The second-order valence-corrected chi connectivity index (χ2v) is 4.59. The van der Waals surface area contributed by atoms with Crippen LogP contribution >= 0.6 is 23.2 Å². The predicted octanol–water partition coefficient (Wildman–Crippen LogP) is 2.83. The summed E-state index contributed by atoms with van der Waals surface area (Å²) in [5.41, 5.74) is 6.10. The molecule has 0 aliphatic carbocycles. The molecular formula is C12H8Cl2N2O3. The number of anilines is 1. The number of H-pyrrole nitrogens is 1. The van der Waals surface area contributed by atoms with Crippen molar-refractivity contribution >= 4 is 40.6 Å². The minimum atomic E-state index is -1.16. The number of benzene rings is 1. The highest BCUT2D eigenvalue weighted by Gasteiger charge is 2.18. The summed E-state index contributed by atoms with van der Waals surface area (Å²) in [6, 6.07) is 4.04. The first-order valence-electron chi connectivity index (χ1n) is 5.11. The molecule has 1 aromatic carbocycles. The van der Waals surface area contributed by atoms with Gasteiger partial charge in [-0.05, 0) is 18.2 Å². The quantitative estimate of drug-likeness (QED) is 0.599. The minimum absolute atomic E-state index is 0.0824. The highest BCUT2D eigenvalue weighted by molar-refractivity contribution is 6.44. The van der Waals surface area contributed by atoms with E-state index in [4.69, 9.17) is 34.0 Å². The Morgan fingerprint density at radius 3 is 2.47 bits per heavy atom. The molecule has 0 spiro atoms. The van der Waals surface area contributed by atoms with Crippen LogP contribution in [0.1, 0.15) is 26.4 Å². The molecule has 0 saturated heterocycles. The SMILES string of the molecule is Nc1cc(Cl)c(Cl)c(C(=O)c2c[nH]c(C(=O)O)c2)c1. The van der Waals surface area contributed by atoms with Crippen LogP contribution in [0, 0.1) is 0 Å². The molecule has 2 aromatic rings. The van der Waals surface area contributed by atoms with E-state index in [2.05, 4.69) is 4.98 Å². The lowest BCUT2D eigenvalue weighted by Gasteiger charge is -2.05. The summed E-state index contributed by atoms with van der Waals surface area (Å²) < 4.78 is 0. The molecular weight excluding hydrogens is 291 g/mol. The molecule has 19 heavy (non-hydrogen) atoms. The van der Waals surface area contributed by atoms with Crippen molar-refractivity contribution in [3.63, 3.8) is 0 Å². The van der Waals surface area contributed by atoms with E-state index < -0.39 is 11.8 Å². The Labute approximate surface area is 117 Å². The summed E-state index contributed by atoms with van der Waals surface area (Å²) in [5, 5.41) is 9.03. The van der Waals surface area contributed by atoms with E-state index in [1.54, 1.807) is 0 Å². The van der Waals surface area contributed by atoms with Gasteiger partial charge in [0.2, 0.25) is 0 Å². The monoisotopic (exact) mass is 298 g/mol. The van der Waals surface area contributed by atoms with Crippen molar-refractivity contribution in [3.05, 3.63) is 51.3 Å². The van der Waals surface area contributed by atoms with Crippen molar-refractivity contribution in [2.24, 2.45) is 0 Å². The van der Waals surface area contributed by atoms with E-state index in [0.29, 0.717) is 5.69 Å². The largest absolute Gasteiger partial charge is 0.477 e. The maximum absolute atomic E-state index is 12.2. The Morgan fingerprint density at radius 1 is 1.21 bits per heavy atom. The van der Waals surface area contributed by atoms with Crippen LogP contribution in [0.2, 0.25) is 10.0 Å². The molecule has 0 radical (unpaired) electrons. The number of nitrogen functional groups attached to an aromatic ring is 1. The van der Waals surface area contributed by atoms with Gasteiger partial charge < -0.3 is 15.8 Å². The average Bonchev–Trinajstić information content (AvgIpc) is 2.82. The van der Waals surface area contributed by atoms with Crippen molar-refractivity contribution in [1.29, 1.82) is 0 Å². The lowest BCUT2D eigenvalue weighted by Crippen LogP contribution is -2.03. The van der Waals surface area contributed by atoms with Gasteiger partial charge in [-0.2, -0.15) is 0 Å². The van der Waals surface area contributed by atoms with E-state index in [-0.39, 0.29) is 26.9 Å². The molecule has 1 heterocycles. The number of carboxylic acid groups (broad SMARTS) is 1.